The number of Topliss-reactive ketones (excluding diaryl/α,β-unsaturated/α-hetero) is 1. The van der Waals surface area contributed by atoms with Crippen LogP contribution in [0.2, 0.25) is 0 Å². The van der Waals surface area contributed by atoms with Crippen molar-refractivity contribution in [3.8, 4) is 0 Å². The molecule has 5 nitrogen and oxygen atoms in total. The zero-order valence-corrected chi connectivity index (χ0v) is 10.9. The summed E-state index contributed by atoms with van der Waals surface area (Å²) in [5, 5.41) is 0. The molecule has 2 unspecified atom stereocenters. The van der Waals surface area contributed by atoms with Crippen molar-refractivity contribution in [2.24, 2.45) is 5.92 Å². The summed E-state index contributed by atoms with van der Waals surface area (Å²) in [4.78, 5) is 13.6. The number of rotatable bonds is 3. The van der Waals surface area contributed by atoms with E-state index in [1.807, 2.05) is 11.9 Å². The molecular weight excluding hydrogens is 242 g/mol. The van der Waals surface area contributed by atoms with E-state index in [0.29, 0.717) is 32.6 Å². The smallest absolute Gasteiger partial charge is 0.151 e. The van der Waals surface area contributed by atoms with Gasteiger partial charge in [0.05, 0.1) is 30.6 Å². The quantitative estimate of drug-likeness (QED) is 0.698. The summed E-state index contributed by atoms with van der Waals surface area (Å²) < 4.78 is 28.1. The Morgan fingerprint density at radius 3 is 2.82 bits per heavy atom. The van der Waals surface area contributed by atoms with Gasteiger partial charge in [0.25, 0.3) is 0 Å². The first-order valence-electron chi connectivity index (χ1n) is 5.99. The van der Waals surface area contributed by atoms with Crippen molar-refractivity contribution in [2.45, 2.75) is 18.9 Å². The van der Waals surface area contributed by atoms with E-state index >= 15 is 0 Å². The first kappa shape index (κ1) is 13.0. The minimum Gasteiger partial charge on any atom is -0.380 e. The number of hydrogen-bond donors (Lipinski definition) is 0. The SMILES string of the molecule is CN(CC1COCCC1=O)C1CCS(=O)(=O)C1. The predicted molar refractivity (Wildman–Crippen MR) is 63.6 cm³/mol. The van der Waals surface area contributed by atoms with Crippen molar-refractivity contribution in [3.63, 3.8) is 0 Å². The van der Waals surface area contributed by atoms with Gasteiger partial charge < -0.3 is 9.64 Å². The van der Waals surface area contributed by atoms with E-state index in [4.69, 9.17) is 4.74 Å². The van der Waals surface area contributed by atoms with Crippen molar-refractivity contribution in [2.75, 3.05) is 38.3 Å². The third kappa shape index (κ3) is 3.26. The molecule has 2 aliphatic heterocycles. The third-order valence-electron chi connectivity index (χ3n) is 3.61. The number of nitrogens with zero attached hydrogens (tertiary/aromatic N) is 1. The number of carbonyl (C=O) groups is 1. The van der Waals surface area contributed by atoms with Crippen LogP contribution in [0, 0.1) is 5.92 Å². The Kier molecular flexibility index (Phi) is 3.85. The van der Waals surface area contributed by atoms with Gasteiger partial charge in [-0.05, 0) is 13.5 Å². The van der Waals surface area contributed by atoms with Crippen molar-refractivity contribution in [1.29, 1.82) is 0 Å². The van der Waals surface area contributed by atoms with Gasteiger partial charge >= 0.3 is 0 Å². The normalized spacial score (nSPS) is 33.2. The predicted octanol–water partition coefficient (Wildman–Crippen LogP) is -0.289. The van der Waals surface area contributed by atoms with E-state index in [0.717, 1.165) is 0 Å². The summed E-state index contributed by atoms with van der Waals surface area (Å²) in [7, 11) is -0.956. The molecule has 0 bridgehead atoms. The van der Waals surface area contributed by atoms with E-state index in [1.54, 1.807) is 0 Å². The fraction of sp³-hybridized carbons (Fsp3) is 0.909. The first-order chi connectivity index (χ1) is 7.98. The fourth-order valence-corrected chi connectivity index (χ4v) is 4.27. The zero-order valence-electron chi connectivity index (χ0n) is 10.1. The molecule has 0 spiro atoms. The van der Waals surface area contributed by atoms with Crippen LogP contribution in [0.4, 0.5) is 0 Å². The molecule has 17 heavy (non-hydrogen) atoms. The Hall–Kier alpha value is -0.460. The Balaban J connectivity index is 1.88. The summed E-state index contributed by atoms with van der Waals surface area (Å²) in [5.41, 5.74) is 0. The van der Waals surface area contributed by atoms with Crippen LogP contribution < -0.4 is 0 Å². The van der Waals surface area contributed by atoms with Crippen molar-refractivity contribution in [3.05, 3.63) is 0 Å². The number of ether oxygens (including phenoxy) is 1. The van der Waals surface area contributed by atoms with E-state index in [9.17, 15) is 13.2 Å². The lowest BCUT2D eigenvalue weighted by atomic mass is 9.99. The Morgan fingerprint density at radius 2 is 2.24 bits per heavy atom. The van der Waals surface area contributed by atoms with E-state index < -0.39 is 9.84 Å². The van der Waals surface area contributed by atoms with Gasteiger partial charge in [0.15, 0.2) is 9.84 Å². The maximum absolute atomic E-state index is 11.6. The Morgan fingerprint density at radius 1 is 1.47 bits per heavy atom. The second-order valence-electron chi connectivity index (χ2n) is 4.98. The van der Waals surface area contributed by atoms with Crippen LogP contribution >= 0.6 is 0 Å². The standard InChI is InChI=1S/C11H19NO4S/c1-12(10-3-5-17(14,15)8-10)6-9-7-16-4-2-11(9)13/h9-10H,2-8H2,1H3. The highest BCUT2D eigenvalue weighted by Crippen LogP contribution is 2.19. The molecule has 0 saturated carbocycles. The minimum atomic E-state index is -2.85. The van der Waals surface area contributed by atoms with Crippen LogP contribution in [-0.2, 0) is 19.4 Å². The van der Waals surface area contributed by atoms with Gasteiger partial charge in [-0.2, -0.15) is 0 Å². The molecule has 0 aromatic heterocycles. The molecule has 2 rings (SSSR count). The monoisotopic (exact) mass is 261 g/mol. The van der Waals surface area contributed by atoms with Gasteiger partial charge in [-0.1, -0.05) is 0 Å². The van der Waals surface area contributed by atoms with Gasteiger partial charge in [0.2, 0.25) is 0 Å². The fourth-order valence-electron chi connectivity index (χ4n) is 2.47. The second-order valence-corrected chi connectivity index (χ2v) is 7.21. The van der Waals surface area contributed by atoms with Gasteiger partial charge in [0.1, 0.15) is 5.78 Å². The Bertz CT molecular complexity index is 392. The highest BCUT2D eigenvalue weighted by Gasteiger charge is 2.33. The van der Waals surface area contributed by atoms with Crippen molar-refractivity contribution in [1.82, 2.24) is 4.90 Å². The molecule has 0 radical (unpaired) electrons. The Labute approximate surface area is 102 Å². The van der Waals surface area contributed by atoms with Crippen LogP contribution in [0.25, 0.3) is 0 Å². The van der Waals surface area contributed by atoms with Crippen LogP contribution in [0.1, 0.15) is 12.8 Å². The molecule has 6 heteroatoms. The molecule has 2 aliphatic rings. The summed E-state index contributed by atoms with van der Waals surface area (Å²) >= 11 is 0. The molecule has 0 N–H and O–H groups in total. The molecule has 2 saturated heterocycles. The second kappa shape index (κ2) is 5.04. The van der Waals surface area contributed by atoms with E-state index in [2.05, 4.69) is 0 Å². The maximum atomic E-state index is 11.6. The van der Waals surface area contributed by atoms with Crippen LogP contribution in [-0.4, -0.2) is 63.5 Å². The summed E-state index contributed by atoms with van der Waals surface area (Å²) in [6.07, 6.45) is 1.17. The first-order valence-corrected chi connectivity index (χ1v) is 7.81. The molecule has 0 aromatic rings. The molecule has 2 atom stereocenters. The summed E-state index contributed by atoms with van der Waals surface area (Å²) in [6, 6.07) is 0.0646. The van der Waals surface area contributed by atoms with Gasteiger partial charge in [-0.3, -0.25) is 4.79 Å². The number of ketones is 1. The summed E-state index contributed by atoms with van der Waals surface area (Å²) in [5.74, 6) is 0.656. The summed E-state index contributed by atoms with van der Waals surface area (Å²) in [6.45, 7) is 1.61. The molecule has 0 aromatic carbocycles. The molecule has 0 aliphatic carbocycles. The number of carbonyl (C=O) groups excluding carboxylic acids is 1. The molecule has 0 amide bonds. The molecule has 98 valence electrons. The highest BCUT2D eigenvalue weighted by molar-refractivity contribution is 7.91. The molecule has 2 fully saturated rings. The highest BCUT2D eigenvalue weighted by atomic mass is 32.2. The van der Waals surface area contributed by atoms with Crippen LogP contribution in [0.3, 0.4) is 0 Å². The van der Waals surface area contributed by atoms with Crippen LogP contribution in [0.5, 0.6) is 0 Å². The topological polar surface area (TPSA) is 63.7 Å². The van der Waals surface area contributed by atoms with Gasteiger partial charge in [0, 0.05) is 19.0 Å². The third-order valence-corrected chi connectivity index (χ3v) is 5.36. The largest absolute Gasteiger partial charge is 0.380 e. The minimum absolute atomic E-state index is 0.0646. The number of hydrogen-bond acceptors (Lipinski definition) is 5. The van der Waals surface area contributed by atoms with Gasteiger partial charge in [-0.15, -0.1) is 0 Å². The van der Waals surface area contributed by atoms with E-state index in [-0.39, 0.29) is 29.2 Å². The molecule has 2 heterocycles. The number of sulfone groups is 1. The lowest BCUT2D eigenvalue weighted by Crippen LogP contribution is -2.41. The van der Waals surface area contributed by atoms with E-state index in [1.165, 1.54) is 0 Å². The lowest BCUT2D eigenvalue weighted by molar-refractivity contribution is -0.131. The van der Waals surface area contributed by atoms with Gasteiger partial charge in [-0.25, -0.2) is 8.42 Å². The van der Waals surface area contributed by atoms with Crippen molar-refractivity contribution < 1.29 is 17.9 Å². The van der Waals surface area contributed by atoms with Crippen molar-refractivity contribution >= 4 is 15.6 Å². The lowest BCUT2D eigenvalue weighted by Gasteiger charge is -2.29. The average Bonchev–Trinajstić information content (AvgIpc) is 2.62. The zero-order chi connectivity index (χ0) is 12.5. The molecular formula is C11H19NO4S. The van der Waals surface area contributed by atoms with Crippen LogP contribution in [0.15, 0.2) is 0 Å². The average molecular weight is 261 g/mol. The maximum Gasteiger partial charge on any atom is 0.151 e.